The Labute approximate surface area is 84.8 Å². The predicted molar refractivity (Wildman–Crippen MR) is 52.9 cm³/mol. The van der Waals surface area contributed by atoms with Gasteiger partial charge in [0, 0.05) is 6.54 Å². The van der Waals surface area contributed by atoms with Crippen LogP contribution in [-0.4, -0.2) is 47.8 Å². The number of esters is 1. The van der Waals surface area contributed by atoms with Crippen molar-refractivity contribution in [3.05, 3.63) is 0 Å². The summed E-state index contributed by atoms with van der Waals surface area (Å²) in [5.74, 6) is -0.200. The highest BCUT2D eigenvalue weighted by Gasteiger charge is 2.20. The zero-order valence-corrected chi connectivity index (χ0v) is 8.90. The third kappa shape index (κ3) is 4.07. The van der Waals surface area contributed by atoms with Gasteiger partial charge in [-0.25, -0.2) is 0 Å². The van der Waals surface area contributed by atoms with Gasteiger partial charge in [0.25, 0.3) is 0 Å². The normalized spacial score (nSPS) is 23.9. The highest BCUT2D eigenvalue weighted by Crippen LogP contribution is 2.09. The maximum absolute atomic E-state index is 11.3. The van der Waals surface area contributed by atoms with E-state index in [1.165, 1.54) is 0 Å². The first-order valence-corrected chi connectivity index (χ1v) is 5.18. The molecule has 0 radical (unpaired) electrons. The van der Waals surface area contributed by atoms with Crippen LogP contribution in [0.1, 0.15) is 26.7 Å². The molecule has 4 heteroatoms. The first-order valence-electron chi connectivity index (χ1n) is 5.18. The topological polar surface area (TPSA) is 49.8 Å². The number of aliphatic hydroxyl groups is 1. The van der Waals surface area contributed by atoms with Crippen molar-refractivity contribution >= 4 is 5.97 Å². The maximum Gasteiger partial charge on any atom is 0.320 e. The molecule has 1 atom stereocenters. The molecule has 0 aromatic carbocycles. The first-order chi connectivity index (χ1) is 6.58. The highest BCUT2D eigenvalue weighted by atomic mass is 16.5. The molecule has 1 fully saturated rings. The van der Waals surface area contributed by atoms with Gasteiger partial charge in [0.05, 0.1) is 18.8 Å². The van der Waals surface area contributed by atoms with Gasteiger partial charge >= 0.3 is 5.97 Å². The smallest absolute Gasteiger partial charge is 0.320 e. The first kappa shape index (κ1) is 11.5. The van der Waals surface area contributed by atoms with Crippen molar-refractivity contribution in [1.82, 2.24) is 4.90 Å². The van der Waals surface area contributed by atoms with Gasteiger partial charge in [-0.1, -0.05) is 0 Å². The largest absolute Gasteiger partial charge is 0.462 e. The molecule has 1 aliphatic rings. The molecule has 1 saturated heterocycles. The Morgan fingerprint density at radius 3 is 2.93 bits per heavy atom. The van der Waals surface area contributed by atoms with Gasteiger partial charge in [-0.3, -0.25) is 9.69 Å². The molecule has 14 heavy (non-hydrogen) atoms. The summed E-state index contributed by atoms with van der Waals surface area (Å²) in [7, 11) is 0. The molecule has 82 valence electrons. The minimum absolute atomic E-state index is 0.0581. The lowest BCUT2D eigenvalue weighted by Gasteiger charge is -2.29. The maximum atomic E-state index is 11.3. The van der Waals surface area contributed by atoms with E-state index in [9.17, 15) is 9.90 Å². The van der Waals surface area contributed by atoms with E-state index >= 15 is 0 Å². The molecule has 4 nitrogen and oxygen atoms in total. The fraction of sp³-hybridized carbons (Fsp3) is 0.900. The standard InChI is InChI=1S/C10H19NO3/c1-8(2)14-10(13)7-11-5-3-4-9(12)6-11/h8-9,12H,3-7H2,1-2H3. The zero-order chi connectivity index (χ0) is 10.6. The average molecular weight is 201 g/mol. The van der Waals surface area contributed by atoms with E-state index in [4.69, 9.17) is 4.74 Å². The van der Waals surface area contributed by atoms with Gasteiger partial charge in [0.15, 0.2) is 0 Å². The van der Waals surface area contributed by atoms with Crippen LogP contribution in [0.2, 0.25) is 0 Å². The van der Waals surface area contributed by atoms with E-state index < -0.39 is 0 Å². The average Bonchev–Trinajstić information content (AvgIpc) is 2.01. The van der Waals surface area contributed by atoms with Crippen molar-refractivity contribution in [2.45, 2.75) is 38.9 Å². The van der Waals surface area contributed by atoms with Crippen molar-refractivity contribution in [2.75, 3.05) is 19.6 Å². The number of hydrogen-bond donors (Lipinski definition) is 1. The van der Waals surface area contributed by atoms with E-state index in [1.807, 2.05) is 18.7 Å². The number of aliphatic hydroxyl groups excluding tert-OH is 1. The summed E-state index contributed by atoms with van der Waals surface area (Å²) < 4.78 is 5.03. The van der Waals surface area contributed by atoms with Crippen LogP contribution in [0, 0.1) is 0 Å². The number of β-amino-alcohol motifs (C(OH)–C–C–N with tert-alkyl or cyclic N) is 1. The van der Waals surface area contributed by atoms with Crippen LogP contribution in [0.4, 0.5) is 0 Å². The van der Waals surface area contributed by atoms with Crippen molar-refractivity contribution in [2.24, 2.45) is 0 Å². The number of ether oxygens (including phenoxy) is 1. The number of carbonyl (C=O) groups is 1. The lowest BCUT2D eigenvalue weighted by molar-refractivity contribution is -0.149. The minimum atomic E-state index is -0.282. The minimum Gasteiger partial charge on any atom is -0.462 e. The monoisotopic (exact) mass is 201 g/mol. The molecular formula is C10H19NO3. The molecule has 0 spiro atoms. The summed E-state index contributed by atoms with van der Waals surface area (Å²) in [6.45, 7) is 5.44. The molecule has 1 aliphatic heterocycles. The van der Waals surface area contributed by atoms with Gasteiger partial charge in [0.2, 0.25) is 0 Å². The summed E-state index contributed by atoms with van der Waals surface area (Å²) in [5.41, 5.74) is 0. The van der Waals surface area contributed by atoms with Crippen LogP contribution < -0.4 is 0 Å². The van der Waals surface area contributed by atoms with Crippen LogP contribution >= 0.6 is 0 Å². The molecule has 1 N–H and O–H groups in total. The van der Waals surface area contributed by atoms with E-state index in [0.29, 0.717) is 13.1 Å². The number of carbonyl (C=O) groups excluding carboxylic acids is 1. The third-order valence-electron chi connectivity index (χ3n) is 2.20. The van der Waals surface area contributed by atoms with E-state index in [2.05, 4.69) is 0 Å². The molecule has 0 saturated carbocycles. The molecule has 0 bridgehead atoms. The Hall–Kier alpha value is -0.610. The summed E-state index contributed by atoms with van der Waals surface area (Å²) in [4.78, 5) is 13.2. The summed E-state index contributed by atoms with van der Waals surface area (Å²) in [6, 6.07) is 0. The Bertz CT molecular complexity index is 194. The van der Waals surface area contributed by atoms with Crippen molar-refractivity contribution in [3.63, 3.8) is 0 Å². The summed E-state index contributed by atoms with van der Waals surface area (Å²) in [5, 5.41) is 9.38. The Morgan fingerprint density at radius 2 is 2.36 bits per heavy atom. The Kier molecular flexibility index (Phi) is 4.35. The van der Waals surface area contributed by atoms with Crippen molar-refractivity contribution in [3.8, 4) is 0 Å². The summed E-state index contributed by atoms with van der Waals surface area (Å²) in [6.07, 6.45) is 1.46. The fourth-order valence-electron chi connectivity index (χ4n) is 1.66. The van der Waals surface area contributed by atoms with E-state index in [-0.39, 0.29) is 18.2 Å². The van der Waals surface area contributed by atoms with Crippen LogP contribution in [0.3, 0.4) is 0 Å². The number of piperidine rings is 1. The van der Waals surface area contributed by atoms with Crippen LogP contribution in [0.15, 0.2) is 0 Å². The second-order valence-corrected chi connectivity index (χ2v) is 4.07. The zero-order valence-electron chi connectivity index (χ0n) is 8.90. The van der Waals surface area contributed by atoms with E-state index in [1.54, 1.807) is 0 Å². The van der Waals surface area contributed by atoms with Crippen LogP contribution in [-0.2, 0) is 9.53 Å². The fourth-order valence-corrected chi connectivity index (χ4v) is 1.66. The van der Waals surface area contributed by atoms with E-state index in [0.717, 1.165) is 19.4 Å². The Morgan fingerprint density at radius 1 is 1.64 bits per heavy atom. The van der Waals surface area contributed by atoms with Gasteiger partial charge < -0.3 is 9.84 Å². The Balaban J connectivity index is 2.25. The molecule has 0 amide bonds. The van der Waals surface area contributed by atoms with Crippen molar-refractivity contribution in [1.29, 1.82) is 0 Å². The quantitative estimate of drug-likeness (QED) is 0.671. The van der Waals surface area contributed by atoms with Gasteiger partial charge in [-0.05, 0) is 33.2 Å². The summed E-state index contributed by atoms with van der Waals surface area (Å²) >= 11 is 0. The number of hydrogen-bond acceptors (Lipinski definition) is 4. The lowest BCUT2D eigenvalue weighted by atomic mass is 10.1. The molecule has 0 aliphatic carbocycles. The van der Waals surface area contributed by atoms with Crippen LogP contribution in [0.5, 0.6) is 0 Å². The lowest BCUT2D eigenvalue weighted by Crippen LogP contribution is -2.41. The molecule has 1 unspecified atom stereocenters. The second-order valence-electron chi connectivity index (χ2n) is 4.07. The van der Waals surface area contributed by atoms with Crippen molar-refractivity contribution < 1.29 is 14.6 Å². The molecule has 1 heterocycles. The van der Waals surface area contributed by atoms with Gasteiger partial charge in [-0.15, -0.1) is 0 Å². The number of rotatable bonds is 3. The molecular weight excluding hydrogens is 182 g/mol. The molecule has 0 aromatic heterocycles. The number of likely N-dealkylation sites (tertiary alicyclic amines) is 1. The highest BCUT2D eigenvalue weighted by molar-refractivity contribution is 5.71. The van der Waals surface area contributed by atoms with Crippen LogP contribution in [0.25, 0.3) is 0 Å². The second kappa shape index (κ2) is 5.32. The van der Waals surface area contributed by atoms with Gasteiger partial charge in [0.1, 0.15) is 0 Å². The number of nitrogens with zero attached hydrogens (tertiary/aromatic N) is 1. The predicted octanol–water partition coefficient (Wildman–Crippen LogP) is 0.395. The molecule has 0 aromatic rings. The SMILES string of the molecule is CC(C)OC(=O)CN1CCCC(O)C1. The molecule has 1 rings (SSSR count). The van der Waals surface area contributed by atoms with Gasteiger partial charge in [-0.2, -0.15) is 0 Å². The third-order valence-corrected chi connectivity index (χ3v) is 2.20.